The van der Waals surface area contributed by atoms with Gasteiger partial charge in [0.1, 0.15) is 11.5 Å². The Morgan fingerprint density at radius 2 is 1.66 bits per heavy atom. The Hall–Kier alpha value is -3.27. The molecule has 0 unspecified atom stereocenters. The number of rotatable bonds is 7. The Morgan fingerprint density at radius 1 is 0.966 bits per heavy atom. The second kappa shape index (κ2) is 9.28. The average molecular weight is 421 g/mol. The van der Waals surface area contributed by atoms with Gasteiger partial charge in [0.2, 0.25) is 5.91 Å². The highest BCUT2D eigenvalue weighted by Gasteiger charge is 2.30. The molecule has 1 heterocycles. The number of halogens is 3. The zero-order valence-corrected chi connectivity index (χ0v) is 15.5. The molecule has 1 amide bonds. The molecular formula is C19H14F3N3O3S. The lowest BCUT2D eigenvalue weighted by atomic mass is 10.3. The van der Waals surface area contributed by atoms with E-state index in [-0.39, 0.29) is 23.3 Å². The van der Waals surface area contributed by atoms with Gasteiger partial charge in [-0.2, -0.15) is 0 Å². The third kappa shape index (κ3) is 6.68. The van der Waals surface area contributed by atoms with E-state index in [9.17, 15) is 18.0 Å². The molecule has 10 heteroatoms. The monoisotopic (exact) mass is 421 g/mol. The predicted molar refractivity (Wildman–Crippen MR) is 101 cm³/mol. The molecule has 2 aromatic carbocycles. The zero-order chi connectivity index (χ0) is 20.7. The van der Waals surface area contributed by atoms with Crippen LogP contribution in [0.5, 0.6) is 17.4 Å². The van der Waals surface area contributed by atoms with E-state index < -0.39 is 6.36 Å². The van der Waals surface area contributed by atoms with E-state index in [0.29, 0.717) is 16.5 Å². The van der Waals surface area contributed by atoms with Crippen LogP contribution in [0.2, 0.25) is 0 Å². The van der Waals surface area contributed by atoms with Crippen molar-refractivity contribution in [2.45, 2.75) is 11.4 Å². The summed E-state index contributed by atoms with van der Waals surface area (Å²) in [7, 11) is 0. The standard InChI is InChI=1S/C19H14F3N3O3S/c20-19(21,22)28-15-8-6-13(7-9-15)25-16(26)12-29-18-17(23-10-11-24-18)27-14-4-2-1-3-5-14/h1-11H,12H2,(H,25,26). The molecule has 0 aliphatic carbocycles. The summed E-state index contributed by atoms with van der Waals surface area (Å²) in [5.74, 6) is 0.124. The van der Waals surface area contributed by atoms with Gasteiger partial charge in [-0.3, -0.25) is 4.79 Å². The van der Waals surface area contributed by atoms with Gasteiger partial charge in [0.05, 0.1) is 5.75 Å². The van der Waals surface area contributed by atoms with Crippen LogP contribution in [0, 0.1) is 0 Å². The Bertz CT molecular complexity index is 954. The van der Waals surface area contributed by atoms with Crippen molar-refractivity contribution in [3.05, 3.63) is 67.0 Å². The van der Waals surface area contributed by atoms with Crippen LogP contribution in [0.25, 0.3) is 0 Å². The Kier molecular flexibility index (Phi) is 6.55. The molecule has 150 valence electrons. The van der Waals surface area contributed by atoms with Crippen molar-refractivity contribution in [2.24, 2.45) is 0 Å². The average Bonchev–Trinajstić information content (AvgIpc) is 2.68. The van der Waals surface area contributed by atoms with Crippen LogP contribution in [0.1, 0.15) is 0 Å². The molecule has 0 bridgehead atoms. The van der Waals surface area contributed by atoms with Crippen molar-refractivity contribution in [2.75, 3.05) is 11.1 Å². The number of nitrogens with one attached hydrogen (secondary N) is 1. The van der Waals surface area contributed by atoms with Gasteiger partial charge in [-0.1, -0.05) is 30.0 Å². The molecule has 3 rings (SSSR count). The van der Waals surface area contributed by atoms with Gasteiger partial charge in [-0.15, -0.1) is 13.2 Å². The normalized spacial score (nSPS) is 11.0. The van der Waals surface area contributed by atoms with Crippen LogP contribution < -0.4 is 14.8 Å². The highest BCUT2D eigenvalue weighted by atomic mass is 32.2. The second-order valence-electron chi connectivity index (χ2n) is 5.49. The number of anilines is 1. The molecule has 6 nitrogen and oxygen atoms in total. The molecule has 0 aliphatic heterocycles. The molecular weight excluding hydrogens is 407 g/mol. The first-order valence-corrected chi connectivity index (χ1v) is 9.20. The molecule has 29 heavy (non-hydrogen) atoms. The van der Waals surface area contributed by atoms with E-state index in [1.165, 1.54) is 24.5 Å². The Morgan fingerprint density at radius 3 is 2.34 bits per heavy atom. The molecule has 1 N–H and O–H groups in total. The number of benzene rings is 2. The molecule has 0 fully saturated rings. The van der Waals surface area contributed by atoms with Gasteiger partial charge in [0, 0.05) is 18.1 Å². The molecule has 1 aromatic heterocycles. The minimum atomic E-state index is -4.77. The van der Waals surface area contributed by atoms with E-state index in [0.717, 1.165) is 23.9 Å². The summed E-state index contributed by atoms with van der Waals surface area (Å²) in [4.78, 5) is 20.4. The first-order chi connectivity index (χ1) is 13.9. The highest BCUT2D eigenvalue weighted by molar-refractivity contribution is 8.00. The number of thioether (sulfide) groups is 1. The van der Waals surface area contributed by atoms with Crippen molar-refractivity contribution in [1.29, 1.82) is 0 Å². The van der Waals surface area contributed by atoms with Crippen molar-refractivity contribution in [3.63, 3.8) is 0 Å². The van der Waals surface area contributed by atoms with Gasteiger partial charge in [-0.25, -0.2) is 9.97 Å². The molecule has 3 aromatic rings. The number of carbonyl (C=O) groups excluding carboxylic acids is 1. The van der Waals surface area contributed by atoms with Crippen LogP contribution in [-0.4, -0.2) is 28.0 Å². The molecule has 0 saturated carbocycles. The van der Waals surface area contributed by atoms with Crippen LogP contribution in [0.15, 0.2) is 72.0 Å². The predicted octanol–water partition coefficient (Wildman–Crippen LogP) is 4.90. The number of carbonyl (C=O) groups is 1. The first kappa shape index (κ1) is 20.5. The summed E-state index contributed by atoms with van der Waals surface area (Å²) in [6, 6.07) is 13.9. The van der Waals surface area contributed by atoms with E-state index >= 15 is 0 Å². The van der Waals surface area contributed by atoms with Crippen molar-refractivity contribution < 1.29 is 27.4 Å². The lowest BCUT2D eigenvalue weighted by Crippen LogP contribution is -2.17. The lowest BCUT2D eigenvalue weighted by Gasteiger charge is -2.10. The summed E-state index contributed by atoms with van der Waals surface area (Å²) >= 11 is 1.12. The molecule has 0 radical (unpaired) electrons. The van der Waals surface area contributed by atoms with Crippen molar-refractivity contribution in [1.82, 2.24) is 9.97 Å². The quantitative estimate of drug-likeness (QED) is 0.547. The maximum absolute atomic E-state index is 12.2. The summed E-state index contributed by atoms with van der Waals surface area (Å²) in [5, 5.41) is 3.02. The fourth-order valence-electron chi connectivity index (χ4n) is 2.15. The number of hydrogen-bond donors (Lipinski definition) is 1. The van der Waals surface area contributed by atoms with E-state index in [2.05, 4.69) is 20.0 Å². The number of ether oxygens (including phenoxy) is 2. The van der Waals surface area contributed by atoms with Crippen LogP contribution >= 0.6 is 11.8 Å². The number of nitrogens with zero attached hydrogens (tertiary/aromatic N) is 2. The van der Waals surface area contributed by atoms with E-state index in [1.807, 2.05) is 18.2 Å². The van der Waals surface area contributed by atoms with Crippen molar-refractivity contribution in [3.8, 4) is 17.4 Å². The summed E-state index contributed by atoms with van der Waals surface area (Å²) in [5.41, 5.74) is 0.338. The SMILES string of the molecule is O=C(CSc1nccnc1Oc1ccccc1)Nc1ccc(OC(F)(F)F)cc1. The van der Waals surface area contributed by atoms with Gasteiger partial charge in [0.25, 0.3) is 5.88 Å². The highest BCUT2D eigenvalue weighted by Crippen LogP contribution is 2.29. The first-order valence-electron chi connectivity index (χ1n) is 8.21. The third-order valence-electron chi connectivity index (χ3n) is 3.30. The van der Waals surface area contributed by atoms with Crippen LogP contribution in [0.3, 0.4) is 0 Å². The van der Waals surface area contributed by atoms with Crippen LogP contribution in [0.4, 0.5) is 18.9 Å². The largest absolute Gasteiger partial charge is 0.573 e. The van der Waals surface area contributed by atoms with E-state index in [1.54, 1.807) is 12.1 Å². The van der Waals surface area contributed by atoms with Crippen LogP contribution in [-0.2, 0) is 4.79 Å². The fraction of sp³-hybridized carbons (Fsp3) is 0.105. The topological polar surface area (TPSA) is 73.3 Å². The smallest absolute Gasteiger partial charge is 0.437 e. The second-order valence-corrected chi connectivity index (χ2v) is 6.45. The molecule has 0 spiro atoms. The maximum atomic E-state index is 12.2. The van der Waals surface area contributed by atoms with Gasteiger partial charge < -0.3 is 14.8 Å². The van der Waals surface area contributed by atoms with Crippen molar-refractivity contribution >= 4 is 23.4 Å². The Labute approximate surface area is 168 Å². The number of aromatic nitrogens is 2. The lowest BCUT2D eigenvalue weighted by molar-refractivity contribution is -0.274. The maximum Gasteiger partial charge on any atom is 0.573 e. The number of alkyl halides is 3. The summed E-state index contributed by atoms with van der Waals surface area (Å²) in [6.07, 6.45) is -1.80. The zero-order valence-electron chi connectivity index (χ0n) is 14.7. The number of hydrogen-bond acceptors (Lipinski definition) is 6. The summed E-state index contributed by atoms with van der Waals surface area (Å²) in [6.45, 7) is 0. The number of amides is 1. The molecule has 0 saturated heterocycles. The third-order valence-corrected chi connectivity index (χ3v) is 4.26. The molecule has 0 atom stereocenters. The van der Waals surface area contributed by atoms with E-state index in [4.69, 9.17) is 4.74 Å². The minimum absolute atomic E-state index is 0.00461. The summed E-state index contributed by atoms with van der Waals surface area (Å²) < 4.78 is 46.0. The number of para-hydroxylation sites is 1. The fourth-order valence-corrected chi connectivity index (χ4v) is 2.85. The van der Waals surface area contributed by atoms with Gasteiger partial charge >= 0.3 is 6.36 Å². The minimum Gasteiger partial charge on any atom is -0.437 e. The van der Waals surface area contributed by atoms with Gasteiger partial charge in [0.15, 0.2) is 5.03 Å². The molecule has 0 aliphatic rings. The van der Waals surface area contributed by atoms with Gasteiger partial charge in [-0.05, 0) is 36.4 Å². The Balaban J connectivity index is 1.56.